The van der Waals surface area contributed by atoms with E-state index >= 15 is 0 Å². The Kier molecular flexibility index (Phi) is 5.64. The Labute approximate surface area is 170 Å². The van der Waals surface area contributed by atoms with Gasteiger partial charge >= 0.3 is 5.97 Å². The molecule has 3 rings (SSSR count). The van der Waals surface area contributed by atoms with Crippen LogP contribution in [-0.2, 0) is 14.9 Å². The Hall–Kier alpha value is -3.28. The third-order valence-electron chi connectivity index (χ3n) is 5.21. The molecule has 1 aliphatic heterocycles. The fourth-order valence-electron chi connectivity index (χ4n) is 3.72. The maximum Gasteiger partial charge on any atom is 0.342 e. The lowest BCUT2D eigenvalue weighted by atomic mass is 9.83. The average molecular weight is 395 g/mol. The first kappa shape index (κ1) is 20.5. The topological polar surface area (TPSA) is 65.1 Å². The smallest absolute Gasteiger partial charge is 0.342 e. The number of nitrogens with zero attached hydrogens (tertiary/aromatic N) is 1. The summed E-state index contributed by atoms with van der Waals surface area (Å²) >= 11 is 0. The summed E-state index contributed by atoms with van der Waals surface area (Å²) in [6.45, 7) is 3.78. The molecule has 0 radical (unpaired) electrons. The van der Waals surface area contributed by atoms with Crippen LogP contribution in [0.1, 0.15) is 29.8 Å². The molecule has 0 fully saturated rings. The minimum absolute atomic E-state index is 0.207. The maximum atomic E-state index is 12.6. The van der Waals surface area contributed by atoms with E-state index < -0.39 is 5.97 Å². The molecule has 0 saturated carbocycles. The summed E-state index contributed by atoms with van der Waals surface area (Å²) in [4.78, 5) is 27.0. The van der Waals surface area contributed by atoms with Crippen molar-refractivity contribution in [2.24, 2.45) is 0 Å². The Bertz CT molecular complexity index is 977. The van der Waals surface area contributed by atoms with Crippen molar-refractivity contribution in [2.75, 3.05) is 32.8 Å². The number of para-hydroxylation sites is 2. The van der Waals surface area contributed by atoms with Gasteiger partial charge in [-0.3, -0.25) is 4.79 Å². The first-order chi connectivity index (χ1) is 13.8. The number of hydrogen-bond donors (Lipinski definition) is 0. The standard InChI is InChI=1S/C23H25NO5/c1-23(2)17-10-6-7-11-18(17)24(3)20(23)13-15(25)14-29-22(26)16-9-8-12-19(27-4)21(16)28-5/h6-13H,14H2,1-5H3/b20-13+. The highest BCUT2D eigenvalue weighted by atomic mass is 16.5. The number of benzene rings is 2. The molecule has 0 atom stereocenters. The molecule has 152 valence electrons. The number of carbonyl (C=O) groups is 2. The normalized spacial score (nSPS) is 15.8. The highest BCUT2D eigenvalue weighted by Crippen LogP contribution is 2.46. The highest BCUT2D eigenvalue weighted by Gasteiger charge is 2.38. The van der Waals surface area contributed by atoms with Crippen molar-refractivity contribution in [1.29, 1.82) is 0 Å². The number of ether oxygens (including phenoxy) is 3. The first-order valence-electron chi connectivity index (χ1n) is 9.27. The van der Waals surface area contributed by atoms with Crippen LogP contribution >= 0.6 is 0 Å². The molecule has 0 spiro atoms. The molecule has 1 heterocycles. The number of fused-ring (bicyclic) bond motifs is 1. The predicted octanol–water partition coefficient (Wildman–Crippen LogP) is 3.74. The molecule has 1 aliphatic rings. The van der Waals surface area contributed by atoms with Gasteiger partial charge in [0.1, 0.15) is 5.56 Å². The van der Waals surface area contributed by atoms with E-state index in [0.29, 0.717) is 5.75 Å². The van der Waals surface area contributed by atoms with Crippen LogP contribution in [0, 0.1) is 0 Å². The molecule has 0 aromatic heterocycles. The molecule has 2 aromatic carbocycles. The lowest BCUT2D eigenvalue weighted by Crippen LogP contribution is -2.25. The molecule has 0 saturated heterocycles. The number of esters is 1. The zero-order valence-electron chi connectivity index (χ0n) is 17.3. The lowest BCUT2D eigenvalue weighted by Gasteiger charge is -2.23. The van der Waals surface area contributed by atoms with E-state index in [2.05, 4.69) is 19.9 Å². The second-order valence-corrected chi connectivity index (χ2v) is 7.31. The molecule has 0 amide bonds. The van der Waals surface area contributed by atoms with E-state index in [-0.39, 0.29) is 29.1 Å². The third kappa shape index (κ3) is 3.70. The van der Waals surface area contributed by atoms with Gasteiger partial charge < -0.3 is 19.1 Å². The molecular weight excluding hydrogens is 370 g/mol. The number of anilines is 1. The van der Waals surface area contributed by atoms with Gasteiger partial charge in [0.15, 0.2) is 23.9 Å². The number of ketones is 1. The predicted molar refractivity (Wildman–Crippen MR) is 111 cm³/mol. The van der Waals surface area contributed by atoms with E-state index in [0.717, 1.165) is 16.9 Å². The van der Waals surface area contributed by atoms with Gasteiger partial charge in [-0.1, -0.05) is 38.1 Å². The zero-order valence-corrected chi connectivity index (χ0v) is 17.3. The van der Waals surface area contributed by atoms with E-state index in [4.69, 9.17) is 14.2 Å². The van der Waals surface area contributed by atoms with Gasteiger partial charge in [0.2, 0.25) is 0 Å². The van der Waals surface area contributed by atoms with Crippen molar-refractivity contribution in [3.05, 3.63) is 65.4 Å². The van der Waals surface area contributed by atoms with Crippen LogP contribution in [0.2, 0.25) is 0 Å². The summed E-state index contributed by atoms with van der Waals surface area (Å²) < 4.78 is 15.7. The van der Waals surface area contributed by atoms with Gasteiger partial charge in [-0.2, -0.15) is 0 Å². The van der Waals surface area contributed by atoms with Gasteiger partial charge in [0.05, 0.1) is 14.2 Å². The van der Waals surface area contributed by atoms with Crippen molar-refractivity contribution in [3.63, 3.8) is 0 Å². The molecule has 29 heavy (non-hydrogen) atoms. The zero-order chi connectivity index (χ0) is 21.2. The summed E-state index contributed by atoms with van der Waals surface area (Å²) in [5, 5.41) is 0. The fraction of sp³-hybridized carbons (Fsp3) is 0.304. The Balaban J connectivity index is 1.75. The van der Waals surface area contributed by atoms with Crippen LogP contribution in [0.3, 0.4) is 0 Å². The highest BCUT2D eigenvalue weighted by molar-refractivity contribution is 5.98. The fourth-order valence-corrected chi connectivity index (χ4v) is 3.72. The van der Waals surface area contributed by atoms with Crippen LogP contribution in [0.5, 0.6) is 11.5 Å². The van der Waals surface area contributed by atoms with E-state index in [1.54, 1.807) is 24.3 Å². The van der Waals surface area contributed by atoms with Gasteiger partial charge in [-0.05, 0) is 23.8 Å². The molecule has 6 heteroatoms. The maximum absolute atomic E-state index is 12.6. The molecule has 2 aromatic rings. The second kappa shape index (κ2) is 7.99. The van der Waals surface area contributed by atoms with Gasteiger partial charge in [-0.25, -0.2) is 4.79 Å². The number of allylic oxidation sites excluding steroid dienone is 1. The van der Waals surface area contributed by atoms with Gasteiger partial charge in [0, 0.05) is 29.9 Å². The molecule has 6 nitrogen and oxygen atoms in total. The Morgan fingerprint density at radius 3 is 2.41 bits per heavy atom. The van der Waals surface area contributed by atoms with Crippen LogP contribution in [0.25, 0.3) is 0 Å². The summed E-state index contributed by atoms with van der Waals surface area (Å²) in [5.74, 6) is -0.238. The van der Waals surface area contributed by atoms with Crippen LogP contribution in [-0.4, -0.2) is 39.6 Å². The van der Waals surface area contributed by atoms with Gasteiger partial charge in [0.25, 0.3) is 0 Å². The number of hydrogen-bond acceptors (Lipinski definition) is 6. The van der Waals surface area contributed by atoms with Crippen LogP contribution in [0.4, 0.5) is 5.69 Å². The molecule has 0 unspecified atom stereocenters. The molecular formula is C23H25NO5. The van der Waals surface area contributed by atoms with Crippen molar-refractivity contribution in [2.45, 2.75) is 19.3 Å². The summed E-state index contributed by atoms with van der Waals surface area (Å²) in [7, 11) is 4.86. The first-order valence-corrected chi connectivity index (χ1v) is 9.27. The number of likely N-dealkylation sites (N-methyl/N-ethyl adjacent to an activating group) is 1. The number of methoxy groups -OCH3 is 2. The minimum atomic E-state index is -0.644. The number of rotatable bonds is 6. The Morgan fingerprint density at radius 2 is 1.76 bits per heavy atom. The summed E-state index contributed by atoms with van der Waals surface area (Å²) in [5.41, 5.74) is 2.96. The average Bonchev–Trinajstić information content (AvgIpc) is 2.92. The largest absolute Gasteiger partial charge is 0.493 e. The molecule has 0 aliphatic carbocycles. The van der Waals surface area contributed by atoms with Crippen LogP contribution in [0.15, 0.2) is 54.2 Å². The van der Waals surface area contributed by atoms with Crippen molar-refractivity contribution < 1.29 is 23.8 Å². The monoisotopic (exact) mass is 395 g/mol. The van der Waals surface area contributed by atoms with Crippen LogP contribution < -0.4 is 14.4 Å². The minimum Gasteiger partial charge on any atom is -0.493 e. The third-order valence-corrected chi connectivity index (χ3v) is 5.21. The van der Waals surface area contributed by atoms with Crippen molar-refractivity contribution in [1.82, 2.24) is 0 Å². The van der Waals surface area contributed by atoms with Crippen molar-refractivity contribution >= 4 is 17.4 Å². The lowest BCUT2D eigenvalue weighted by molar-refractivity contribution is -0.117. The Morgan fingerprint density at radius 1 is 1.03 bits per heavy atom. The SMILES string of the molecule is COc1cccc(C(=O)OCC(=O)/C=C2/N(C)c3ccccc3C2(C)C)c1OC. The van der Waals surface area contributed by atoms with Gasteiger partial charge in [-0.15, -0.1) is 0 Å². The van der Waals surface area contributed by atoms with E-state index in [1.165, 1.54) is 14.2 Å². The number of carbonyl (C=O) groups excluding carboxylic acids is 2. The molecule has 0 bridgehead atoms. The summed E-state index contributed by atoms with van der Waals surface area (Å²) in [6.07, 6.45) is 1.55. The van der Waals surface area contributed by atoms with Crippen molar-refractivity contribution in [3.8, 4) is 11.5 Å². The quantitative estimate of drug-likeness (QED) is 0.548. The van der Waals surface area contributed by atoms with E-state index in [9.17, 15) is 9.59 Å². The second-order valence-electron chi connectivity index (χ2n) is 7.31. The van der Waals surface area contributed by atoms with E-state index in [1.807, 2.05) is 30.1 Å². The molecule has 0 N–H and O–H groups in total. The summed E-state index contributed by atoms with van der Waals surface area (Å²) in [6, 6.07) is 13.0.